The van der Waals surface area contributed by atoms with Crippen LogP contribution in [0, 0.1) is 6.92 Å². The van der Waals surface area contributed by atoms with Gasteiger partial charge in [0, 0.05) is 6.20 Å². The van der Waals surface area contributed by atoms with Gasteiger partial charge in [-0.3, -0.25) is 0 Å². The molecule has 0 atom stereocenters. The number of pyridine rings is 1. The summed E-state index contributed by atoms with van der Waals surface area (Å²) in [7, 11) is 0. The van der Waals surface area contributed by atoms with Crippen LogP contribution in [0.4, 0.5) is 5.82 Å². The Kier molecular flexibility index (Phi) is 3.74. The van der Waals surface area contributed by atoms with Gasteiger partial charge in [0.25, 0.3) is 0 Å². The number of nitrogens with zero attached hydrogens (tertiary/aromatic N) is 2. The molecule has 4 nitrogen and oxygen atoms in total. The van der Waals surface area contributed by atoms with E-state index in [2.05, 4.69) is 16.9 Å². The molecule has 17 heavy (non-hydrogen) atoms. The van der Waals surface area contributed by atoms with E-state index in [0.29, 0.717) is 11.7 Å². The Labute approximate surface area is 102 Å². The zero-order chi connectivity index (χ0) is 12.3. The highest BCUT2D eigenvalue weighted by Crippen LogP contribution is 2.34. The summed E-state index contributed by atoms with van der Waals surface area (Å²) in [6, 6.07) is 1.96. The molecule has 0 bridgehead atoms. The minimum Gasteiger partial charge on any atom is -0.393 e. The third-order valence-corrected chi connectivity index (χ3v) is 3.48. The van der Waals surface area contributed by atoms with Crippen molar-refractivity contribution in [3.8, 4) is 0 Å². The minimum absolute atomic E-state index is 0.111. The lowest BCUT2D eigenvalue weighted by atomic mass is 9.82. The maximum absolute atomic E-state index is 9.51. The van der Waals surface area contributed by atoms with Gasteiger partial charge in [0.15, 0.2) is 5.82 Å². The molecular weight excluding hydrogens is 214 g/mol. The fourth-order valence-corrected chi connectivity index (χ4v) is 2.51. The molecular formula is C13H19N3O. The van der Waals surface area contributed by atoms with E-state index in [4.69, 9.17) is 5.73 Å². The fourth-order valence-electron chi connectivity index (χ4n) is 2.51. The van der Waals surface area contributed by atoms with Gasteiger partial charge in [0.05, 0.1) is 12.4 Å². The maximum atomic E-state index is 9.51. The van der Waals surface area contributed by atoms with Gasteiger partial charge in [-0.2, -0.15) is 0 Å². The van der Waals surface area contributed by atoms with Gasteiger partial charge >= 0.3 is 0 Å². The average Bonchev–Trinajstić information content (AvgIpc) is 2.31. The topological polar surface area (TPSA) is 71.5 Å². The van der Waals surface area contributed by atoms with E-state index < -0.39 is 0 Å². The van der Waals surface area contributed by atoms with Crippen LogP contribution in [-0.4, -0.2) is 22.5 Å². The smallest absolute Gasteiger partial charge is 0.153 e. The van der Waals surface area contributed by atoms with Crippen LogP contribution in [-0.2, 0) is 0 Å². The van der Waals surface area contributed by atoms with Gasteiger partial charge in [-0.05, 0) is 55.7 Å². The summed E-state index contributed by atoms with van der Waals surface area (Å²) in [4.78, 5) is 8.25. The number of aromatic nitrogens is 1. The predicted molar refractivity (Wildman–Crippen MR) is 68.5 cm³/mol. The van der Waals surface area contributed by atoms with Gasteiger partial charge in [0.1, 0.15) is 0 Å². The van der Waals surface area contributed by atoms with E-state index in [-0.39, 0.29) is 6.10 Å². The largest absolute Gasteiger partial charge is 0.393 e. The average molecular weight is 233 g/mol. The maximum Gasteiger partial charge on any atom is 0.153 e. The van der Waals surface area contributed by atoms with Crippen molar-refractivity contribution < 1.29 is 5.11 Å². The van der Waals surface area contributed by atoms with Crippen LogP contribution in [0.1, 0.15) is 42.7 Å². The summed E-state index contributed by atoms with van der Waals surface area (Å²) in [6.45, 7) is 2.08. The molecule has 4 heteroatoms. The first-order valence-corrected chi connectivity index (χ1v) is 6.09. The molecule has 0 spiro atoms. The molecule has 0 unspecified atom stereocenters. The van der Waals surface area contributed by atoms with Crippen molar-refractivity contribution in [2.24, 2.45) is 10.7 Å². The van der Waals surface area contributed by atoms with Gasteiger partial charge in [-0.15, -0.1) is 0 Å². The first-order chi connectivity index (χ1) is 8.20. The van der Waals surface area contributed by atoms with Crippen LogP contribution in [0.25, 0.3) is 0 Å². The van der Waals surface area contributed by atoms with Crippen LogP contribution < -0.4 is 5.73 Å². The molecule has 1 aromatic rings. The second-order valence-corrected chi connectivity index (χ2v) is 4.68. The third-order valence-electron chi connectivity index (χ3n) is 3.48. The number of aliphatic hydroxyl groups is 1. The van der Waals surface area contributed by atoms with E-state index in [1.54, 1.807) is 0 Å². The molecule has 0 amide bonds. The number of rotatable bonds is 2. The van der Waals surface area contributed by atoms with Crippen molar-refractivity contribution in [3.63, 3.8) is 0 Å². The predicted octanol–water partition coefficient (Wildman–Crippen LogP) is 2.03. The summed E-state index contributed by atoms with van der Waals surface area (Å²) < 4.78 is 0. The van der Waals surface area contributed by atoms with Crippen molar-refractivity contribution in [3.05, 3.63) is 23.4 Å². The Balaban J connectivity index is 2.16. The highest BCUT2D eigenvalue weighted by Gasteiger charge is 2.22. The Morgan fingerprint density at radius 2 is 2.12 bits per heavy atom. The van der Waals surface area contributed by atoms with E-state index in [1.807, 2.05) is 12.3 Å². The van der Waals surface area contributed by atoms with Crippen LogP contribution in [0.5, 0.6) is 0 Å². The molecule has 1 saturated carbocycles. The molecule has 0 aliphatic heterocycles. The van der Waals surface area contributed by atoms with E-state index in [0.717, 1.165) is 25.7 Å². The number of hydrogen-bond acceptors (Lipinski definition) is 3. The molecule has 92 valence electrons. The molecule has 1 aliphatic rings. The standard InChI is InChI=1S/C13H19N3O/c1-9-6-13(16-8-14)15-7-12(9)10-2-4-11(17)5-3-10/h6-8,10-11,17H,2-5H2,1H3,(H2,14,15,16). The summed E-state index contributed by atoms with van der Waals surface area (Å²) in [6.07, 6.45) is 6.94. The molecule has 2 rings (SSSR count). The van der Waals surface area contributed by atoms with Gasteiger partial charge in [0.2, 0.25) is 0 Å². The monoisotopic (exact) mass is 233 g/mol. The molecule has 0 saturated heterocycles. The third kappa shape index (κ3) is 2.82. The lowest BCUT2D eigenvalue weighted by molar-refractivity contribution is 0.122. The molecule has 1 aliphatic carbocycles. The van der Waals surface area contributed by atoms with Crippen molar-refractivity contribution >= 4 is 12.2 Å². The van der Waals surface area contributed by atoms with Gasteiger partial charge in [-0.1, -0.05) is 0 Å². The quantitative estimate of drug-likeness (QED) is 0.606. The van der Waals surface area contributed by atoms with E-state index >= 15 is 0 Å². The number of aliphatic imine (C=N–C) groups is 1. The Hall–Kier alpha value is -1.42. The van der Waals surface area contributed by atoms with Crippen molar-refractivity contribution in [1.29, 1.82) is 0 Å². The lowest BCUT2D eigenvalue weighted by Gasteiger charge is -2.26. The van der Waals surface area contributed by atoms with Crippen LogP contribution in [0.15, 0.2) is 17.3 Å². The first kappa shape index (κ1) is 12.0. The van der Waals surface area contributed by atoms with Crippen molar-refractivity contribution in [2.75, 3.05) is 0 Å². The molecule has 1 heterocycles. The van der Waals surface area contributed by atoms with E-state index in [9.17, 15) is 5.11 Å². The zero-order valence-electron chi connectivity index (χ0n) is 10.1. The lowest BCUT2D eigenvalue weighted by Crippen LogP contribution is -2.17. The van der Waals surface area contributed by atoms with Crippen molar-refractivity contribution in [1.82, 2.24) is 4.98 Å². The fraction of sp³-hybridized carbons (Fsp3) is 0.538. The summed E-state index contributed by atoms with van der Waals surface area (Å²) in [5.74, 6) is 1.19. The number of nitrogens with two attached hydrogens (primary N) is 1. The molecule has 1 aromatic heterocycles. The normalized spacial score (nSPS) is 25.3. The van der Waals surface area contributed by atoms with Crippen molar-refractivity contribution in [2.45, 2.75) is 44.6 Å². The highest BCUT2D eigenvalue weighted by molar-refractivity contribution is 5.57. The summed E-state index contributed by atoms with van der Waals surface area (Å²) >= 11 is 0. The summed E-state index contributed by atoms with van der Waals surface area (Å²) in [5, 5.41) is 9.51. The Bertz CT molecular complexity index is 409. The Morgan fingerprint density at radius 3 is 2.71 bits per heavy atom. The Morgan fingerprint density at radius 1 is 1.41 bits per heavy atom. The second-order valence-electron chi connectivity index (χ2n) is 4.68. The number of aryl methyl sites for hydroxylation is 1. The van der Waals surface area contributed by atoms with E-state index in [1.165, 1.54) is 17.5 Å². The molecule has 3 N–H and O–H groups in total. The van der Waals surface area contributed by atoms with Crippen LogP contribution in [0.2, 0.25) is 0 Å². The molecule has 0 radical (unpaired) electrons. The SMILES string of the molecule is Cc1cc(N=CN)ncc1C1CCC(O)CC1. The number of aliphatic hydroxyl groups excluding tert-OH is 1. The van der Waals surface area contributed by atoms with Crippen LogP contribution >= 0.6 is 0 Å². The molecule has 1 fully saturated rings. The summed E-state index contributed by atoms with van der Waals surface area (Å²) in [5.41, 5.74) is 7.74. The van der Waals surface area contributed by atoms with Gasteiger partial charge < -0.3 is 10.8 Å². The highest BCUT2D eigenvalue weighted by atomic mass is 16.3. The molecule has 0 aromatic carbocycles. The van der Waals surface area contributed by atoms with Gasteiger partial charge in [-0.25, -0.2) is 9.98 Å². The second kappa shape index (κ2) is 5.27. The van der Waals surface area contributed by atoms with Crippen LogP contribution in [0.3, 0.4) is 0 Å². The first-order valence-electron chi connectivity index (χ1n) is 6.09. The number of hydrogen-bond donors (Lipinski definition) is 2. The zero-order valence-corrected chi connectivity index (χ0v) is 10.1. The minimum atomic E-state index is -0.111.